The van der Waals surface area contributed by atoms with Crippen LogP contribution in [-0.2, 0) is 9.59 Å². The lowest BCUT2D eigenvalue weighted by atomic mass is 9.48. The molecule has 3 fully saturated rings. The first-order chi connectivity index (χ1) is 9.94. The van der Waals surface area contributed by atoms with E-state index in [9.17, 15) is 9.59 Å². The van der Waals surface area contributed by atoms with E-state index >= 15 is 0 Å². The van der Waals surface area contributed by atoms with Gasteiger partial charge in [0.15, 0.2) is 5.78 Å². The van der Waals surface area contributed by atoms with Crippen LogP contribution in [0.3, 0.4) is 0 Å². The lowest BCUT2D eigenvalue weighted by molar-refractivity contribution is -0.132. The maximum atomic E-state index is 12.8. The second kappa shape index (κ2) is 4.30. The van der Waals surface area contributed by atoms with Gasteiger partial charge in [0.05, 0.1) is 0 Å². The maximum absolute atomic E-state index is 12.8. The van der Waals surface area contributed by atoms with Crippen LogP contribution < -0.4 is 0 Å². The molecule has 21 heavy (non-hydrogen) atoms. The number of carbonyl (C=O) groups is 2. The second-order valence-corrected chi connectivity index (χ2v) is 8.55. The number of rotatable bonds is 0. The van der Waals surface area contributed by atoms with Crippen LogP contribution in [0, 0.1) is 28.6 Å². The number of hydrogen-bond donors (Lipinski definition) is 0. The molecule has 4 rings (SSSR count). The van der Waals surface area contributed by atoms with Crippen LogP contribution in [0.1, 0.15) is 65.2 Å². The zero-order valence-electron chi connectivity index (χ0n) is 13.3. The minimum Gasteiger partial charge on any atom is -0.300 e. The maximum Gasteiger partial charge on any atom is 0.159 e. The SMILES string of the molecule is C[C@]12CC[C@H]3[C@@H](C(=O)C=C4CCCC[C@@]43C)[C@@H]1CC(=O)C2. The Morgan fingerprint density at radius 2 is 1.90 bits per heavy atom. The van der Waals surface area contributed by atoms with Gasteiger partial charge < -0.3 is 0 Å². The Bertz CT molecular complexity index is 546. The molecule has 0 radical (unpaired) electrons. The summed E-state index contributed by atoms with van der Waals surface area (Å²) in [6.45, 7) is 4.66. The minimum atomic E-state index is 0.101. The van der Waals surface area contributed by atoms with Gasteiger partial charge in [-0.3, -0.25) is 9.59 Å². The van der Waals surface area contributed by atoms with E-state index in [1.165, 1.54) is 24.8 Å². The zero-order chi connectivity index (χ0) is 14.8. The molecule has 3 saturated carbocycles. The van der Waals surface area contributed by atoms with E-state index in [0.717, 1.165) is 19.3 Å². The third-order valence-electron chi connectivity index (χ3n) is 7.43. The van der Waals surface area contributed by atoms with Crippen molar-refractivity contribution in [3.63, 3.8) is 0 Å². The van der Waals surface area contributed by atoms with Gasteiger partial charge in [-0.2, -0.15) is 0 Å². The number of carbonyl (C=O) groups excluding carboxylic acids is 2. The molecule has 0 aromatic carbocycles. The quantitative estimate of drug-likeness (QED) is 0.672. The summed E-state index contributed by atoms with van der Waals surface area (Å²) >= 11 is 0. The fraction of sp³-hybridized carbons (Fsp3) is 0.789. The van der Waals surface area contributed by atoms with Gasteiger partial charge in [0.1, 0.15) is 5.78 Å². The van der Waals surface area contributed by atoms with Crippen molar-refractivity contribution >= 4 is 11.6 Å². The molecule has 5 atom stereocenters. The number of allylic oxidation sites excluding steroid dienone is 2. The summed E-state index contributed by atoms with van der Waals surface area (Å²) in [6, 6.07) is 0. The first-order valence-corrected chi connectivity index (χ1v) is 8.71. The van der Waals surface area contributed by atoms with Gasteiger partial charge in [-0.05, 0) is 60.8 Å². The minimum absolute atomic E-state index is 0.101. The van der Waals surface area contributed by atoms with Crippen LogP contribution in [0.4, 0.5) is 0 Å². The summed E-state index contributed by atoms with van der Waals surface area (Å²) in [5.41, 5.74) is 1.77. The van der Waals surface area contributed by atoms with E-state index in [2.05, 4.69) is 13.8 Å². The van der Waals surface area contributed by atoms with Gasteiger partial charge >= 0.3 is 0 Å². The third kappa shape index (κ3) is 1.77. The lowest BCUT2D eigenvalue weighted by Crippen LogP contribution is -2.51. The van der Waals surface area contributed by atoms with Crippen LogP contribution in [0.15, 0.2) is 11.6 Å². The first-order valence-electron chi connectivity index (χ1n) is 8.71. The second-order valence-electron chi connectivity index (χ2n) is 8.55. The Morgan fingerprint density at radius 1 is 1.10 bits per heavy atom. The Hall–Kier alpha value is -0.920. The highest BCUT2D eigenvalue weighted by atomic mass is 16.1. The van der Waals surface area contributed by atoms with E-state index in [1.807, 2.05) is 6.08 Å². The number of hydrogen-bond acceptors (Lipinski definition) is 2. The van der Waals surface area contributed by atoms with Crippen LogP contribution >= 0.6 is 0 Å². The zero-order valence-corrected chi connectivity index (χ0v) is 13.3. The molecule has 0 spiro atoms. The molecule has 0 aromatic rings. The van der Waals surface area contributed by atoms with Gasteiger partial charge in [-0.1, -0.05) is 25.8 Å². The topological polar surface area (TPSA) is 34.1 Å². The molecule has 0 aromatic heterocycles. The normalized spacial score (nSPS) is 49.2. The van der Waals surface area contributed by atoms with Crippen molar-refractivity contribution in [3.05, 3.63) is 11.6 Å². The average Bonchev–Trinajstić information content (AvgIpc) is 2.73. The van der Waals surface area contributed by atoms with Crippen LogP contribution in [0.2, 0.25) is 0 Å². The molecular weight excluding hydrogens is 260 g/mol. The summed E-state index contributed by atoms with van der Waals surface area (Å²) in [7, 11) is 0. The number of Topliss-reactive ketones (excluding diaryl/α,β-unsaturated/α-hetero) is 1. The van der Waals surface area contributed by atoms with E-state index in [-0.39, 0.29) is 16.7 Å². The number of fused-ring (bicyclic) bond motifs is 5. The Labute approximate surface area is 127 Å². The molecule has 2 heteroatoms. The highest BCUT2D eigenvalue weighted by molar-refractivity contribution is 5.95. The monoisotopic (exact) mass is 286 g/mol. The van der Waals surface area contributed by atoms with Crippen molar-refractivity contribution in [2.75, 3.05) is 0 Å². The predicted molar refractivity (Wildman–Crippen MR) is 81.7 cm³/mol. The Balaban J connectivity index is 1.77. The van der Waals surface area contributed by atoms with Crippen molar-refractivity contribution in [2.24, 2.45) is 28.6 Å². The largest absolute Gasteiger partial charge is 0.300 e. The van der Waals surface area contributed by atoms with Crippen LogP contribution in [0.25, 0.3) is 0 Å². The summed E-state index contributed by atoms with van der Waals surface area (Å²) in [4.78, 5) is 24.9. The number of ketones is 2. The molecule has 2 nitrogen and oxygen atoms in total. The summed E-state index contributed by atoms with van der Waals surface area (Å²) in [5, 5.41) is 0. The lowest BCUT2D eigenvalue weighted by Gasteiger charge is -2.55. The van der Waals surface area contributed by atoms with E-state index < -0.39 is 0 Å². The first kappa shape index (κ1) is 13.7. The van der Waals surface area contributed by atoms with Crippen molar-refractivity contribution in [3.8, 4) is 0 Å². The summed E-state index contributed by atoms with van der Waals surface area (Å²) in [6.07, 6.45) is 10.5. The van der Waals surface area contributed by atoms with Gasteiger partial charge in [-0.15, -0.1) is 0 Å². The van der Waals surface area contributed by atoms with Gasteiger partial charge in [0.2, 0.25) is 0 Å². The van der Waals surface area contributed by atoms with Crippen molar-refractivity contribution in [1.29, 1.82) is 0 Å². The standard InChI is InChI=1S/C19H26O2/c1-18-8-6-14-17(15(18)10-13(20)11-18)16(21)9-12-5-3-4-7-19(12,14)2/h9,14-15,17H,3-8,10-11H2,1-2H3/t14-,15-,17+,18+,19-/m0/s1. The summed E-state index contributed by atoms with van der Waals surface area (Å²) < 4.78 is 0. The van der Waals surface area contributed by atoms with E-state index in [1.54, 1.807) is 0 Å². The molecule has 0 N–H and O–H groups in total. The highest BCUT2D eigenvalue weighted by Crippen LogP contribution is 2.63. The molecule has 0 heterocycles. The van der Waals surface area contributed by atoms with Gasteiger partial charge in [-0.25, -0.2) is 0 Å². The molecule has 0 unspecified atom stereocenters. The fourth-order valence-electron chi connectivity index (χ4n) is 6.22. The average molecular weight is 286 g/mol. The van der Waals surface area contributed by atoms with E-state index in [0.29, 0.717) is 36.2 Å². The molecule has 114 valence electrons. The van der Waals surface area contributed by atoms with Crippen molar-refractivity contribution in [1.82, 2.24) is 0 Å². The predicted octanol–water partition coefficient (Wildman–Crippen LogP) is 4.09. The smallest absolute Gasteiger partial charge is 0.159 e. The molecule has 0 amide bonds. The molecule has 0 bridgehead atoms. The van der Waals surface area contributed by atoms with Crippen LogP contribution in [0.5, 0.6) is 0 Å². The van der Waals surface area contributed by atoms with Gasteiger partial charge in [0.25, 0.3) is 0 Å². The highest BCUT2D eigenvalue weighted by Gasteiger charge is 2.59. The van der Waals surface area contributed by atoms with Crippen molar-refractivity contribution < 1.29 is 9.59 Å². The third-order valence-corrected chi connectivity index (χ3v) is 7.43. The van der Waals surface area contributed by atoms with E-state index in [4.69, 9.17) is 0 Å². The van der Waals surface area contributed by atoms with Gasteiger partial charge in [0, 0.05) is 18.8 Å². The summed E-state index contributed by atoms with van der Waals surface area (Å²) in [5.74, 6) is 1.67. The Morgan fingerprint density at radius 3 is 2.71 bits per heavy atom. The van der Waals surface area contributed by atoms with Crippen LogP contribution in [-0.4, -0.2) is 11.6 Å². The molecule has 4 aliphatic rings. The fourth-order valence-corrected chi connectivity index (χ4v) is 6.22. The molecular formula is C19H26O2. The Kier molecular flexibility index (Phi) is 2.81. The van der Waals surface area contributed by atoms with Crippen molar-refractivity contribution in [2.45, 2.75) is 65.2 Å². The molecule has 0 saturated heterocycles. The molecule has 0 aliphatic heterocycles. The molecule has 4 aliphatic carbocycles.